The van der Waals surface area contributed by atoms with Gasteiger partial charge >= 0.3 is 5.97 Å². The normalized spacial score (nSPS) is 16.4. The maximum atomic E-state index is 9.04. The number of hydrogen-bond donors (Lipinski definition) is 2. The van der Waals surface area contributed by atoms with Gasteiger partial charge in [-0.2, -0.15) is 9.78 Å². The van der Waals surface area contributed by atoms with Gasteiger partial charge in [-0.25, -0.2) is 10.1 Å². The van der Waals surface area contributed by atoms with Crippen LogP contribution in [0, 0.1) is 0 Å². The lowest BCUT2D eigenvalue weighted by Crippen LogP contribution is -2.34. The molecule has 0 aromatic carbocycles. The van der Waals surface area contributed by atoms with Crippen LogP contribution in [-0.4, -0.2) is 22.9 Å². The van der Waals surface area contributed by atoms with E-state index in [0.29, 0.717) is 6.61 Å². The molecule has 0 saturated heterocycles. The van der Waals surface area contributed by atoms with E-state index in [0.717, 1.165) is 6.42 Å². The third-order valence-electron chi connectivity index (χ3n) is 1.07. The van der Waals surface area contributed by atoms with Gasteiger partial charge in [0.05, 0.1) is 6.61 Å². The summed E-state index contributed by atoms with van der Waals surface area (Å²) < 4.78 is 0. The first-order valence-electron chi connectivity index (χ1n) is 3.54. The minimum Gasteiger partial charge on any atom is -0.340 e. The first-order chi connectivity index (χ1) is 5.18. The second-order valence-electron chi connectivity index (χ2n) is 2.06. The van der Waals surface area contributed by atoms with E-state index in [2.05, 4.69) is 14.7 Å². The van der Waals surface area contributed by atoms with Gasteiger partial charge < -0.3 is 5.11 Å². The van der Waals surface area contributed by atoms with E-state index in [1.54, 1.807) is 6.92 Å². The molecular formula is C6H14O5. The monoisotopic (exact) mass is 166 g/mol. The van der Waals surface area contributed by atoms with Gasteiger partial charge in [-0.3, -0.25) is 0 Å². The summed E-state index contributed by atoms with van der Waals surface area (Å²) in [4.78, 5) is 12.5. The van der Waals surface area contributed by atoms with Gasteiger partial charge in [0.15, 0.2) is 0 Å². The van der Waals surface area contributed by atoms with Crippen molar-refractivity contribution in [2.45, 2.75) is 32.7 Å². The van der Waals surface area contributed by atoms with Gasteiger partial charge in [0, 0.05) is 6.42 Å². The second-order valence-corrected chi connectivity index (χ2v) is 2.06. The fourth-order valence-electron chi connectivity index (χ4n) is 0.356. The zero-order chi connectivity index (χ0) is 8.74. The van der Waals surface area contributed by atoms with E-state index >= 15 is 0 Å². The summed E-state index contributed by atoms with van der Waals surface area (Å²) in [5.74, 6) is -2.03. The molecule has 0 radical (unpaired) electrons. The van der Waals surface area contributed by atoms with Crippen molar-refractivity contribution in [1.29, 1.82) is 0 Å². The van der Waals surface area contributed by atoms with Crippen LogP contribution in [0.3, 0.4) is 0 Å². The van der Waals surface area contributed by atoms with Crippen molar-refractivity contribution in [3.05, 3.63) is 0 Å². The van der Waals surface area contributed by atoms with Crippen molar-refractivity contribution in [2.75, 3.05) is 6.61 Å². The molecule has 11 heavy (non-hydrogen) atoms. The summed E-state index contributed by atoms with van der Waals surface area (Å²) in [7, 11) is 0. The summed E-state index contributed by atoms with van der Waals surface area (Å²) in [5, 5.41) is 17.2. The Labute approximate surface area is 65.4 Å². The minimum atomic E-state index is -2.03. The Kier molecular flexibility index (Phi) is 5.35. The lowest BCUT2D eigenvalue weighted by atomic mass is 10.4. The highest BCUT2D eigenvalue weighted by Gasteiger charge is 2.28. The third kappa shape index (κ3) is 4.28. The van der Waals surface area contributed by atoms with E-state index in [9.17, 15) is 0 Å². The molecule has 0 aliphatic heterocycles. The smallest absolute Gasteiger partial charge is 0.336 e. The predicted octanol–water partition coefficient (Wildman–Crippen LogP) is 0.890. The quantitative estimate of drug-likeness (QED) is 0.265. The van der Waals surface area contributed by atoms with Crippen molar-refractivity contribution >= 4 is 0 Å². The van der Waals surface area contributed by atoms with Crippen molar-refractivity contribution in [3.8, 4) is 0 Å². The van der Waals surface area contributed by atoms with Crippen LogP contribution in [-0.2, 0) is 14.7 Å². The number of hydrogen-bond acceptors (Lipinski definition) is 5. The number of rotatable bonds is 6. The van der Waals surface area contributed by atoms with Crippen LogP contribution in [0.1, 0.15) is 26.7 Å². The summed E-state index contributed by atoms with van der Waals surface area (Å²) in [6, 6.07) is 0. The van der Waals surface area contributed by atoms with Gasteiger partial charge in [-0.05, 0) is 6.42 Å². The molecule has 0 heterocycles. The van der Waals surface area contributed by atoms with E-state index in [-0.39, 0.29) is 6.42 Å². The van der Waals surface area contributed by atoms with Crippen LogP contribution in [0.25, 0.3) is 0 Å². The van der Waals surface area contributed by atoms with E-state index < -0.39 is 5.97 Å². The Hall–Kier alpha value is -0.200. The Morgan fingerprint density at radius 2 is 2.00 bits per heavy atom. The molecule has 0 aliphatic carbocycles. The van der Waals surface area contributed by atoms with Crippen molar-refractivity contribution in [3.63, 3.8) is 0 Å². The van der Waals surface area contributed by atoms with Crippen molar-refractivity contribution in [1.82, 2.24) is 0 Å². The van der Waals surface area contributed by atoms with E-state index in [1.165, 1.54) is 0 Å². The fraction of sp³-hybridized carbons (Fsp3) is 1.00. The zero-order valence-electron chi connectivity index (χ0n) is 6.74. The summed E-state index contributed by atoms with van der Waals surface area (Å²) in [6.45, 7) is 3.80. The molecule has 68 valence electrons. The highest BCUT2D eigenvalue weighted by Crippen LogP contribution is 2.12. The van der Waals surface area contributed by atoms with Crippen LogP contribution in [0.4, 0.5) is 0 Å². The lowest BCUT2D eigenvalue weighted by Gasteiger charge is -2.20. The summed E-state index contributed by atoms with van der Waals surface area (Å²) in [5.41, 5.74) is 0. The number of aliphatic hydroxyl groups is 1. The molecule has 0 aromatic rings. The molecule has 2 N–H and O–H groups in total. The van der Waals surface area contributed by atoms with Gasteiger partial charge in [0.25, 0.3) is 0 Å². The van der Waals surface area contributed by atoms with Gasteiger partial charge in [0.1, 0.15) is 0 Å². The highest BCUT2D eigenvalue weighted by molar-refractivity contribution is 4.41. The Morgan fingerprint density at radius 3 is 2.36 bits per heavy atom. The van der Waals surface area contributed by atoms with Crippen LogP contribution in [0.15, 0.2) is 0 Å². The lowest BCUT2D eigenvalue weighted by molar-refractivity contribution is -0.562. The zero-order valence-corrected chi connectivity index (χ0v) is 6.74. The molecule has 1 atom stereocenters. The topological polar surface area (TPSA) is 68.2 Å². The molecule has 1 unspecified atom stereocenters. The van der Waals surface area contributed by atoms with Gasteiger partial charge in [-0.1, -0.05) is 13.8 Å². The predicted molar refractivity (Wildman–Crippen MR) is 36.3 cm³/mol. The standard InChI is InChI=1S/C6H14O5/c1-3-5-9-11-6(7,4-2)10-8/h7-8H,3-5H2,1-2H3. The molecule has 0 aliphatic rings. The van der Waals surface area contributed by atoms with Crippen LogP contribution < -0.4 is 0 Å². The molecule has 0 rings (SSSR count). The van der Waals surface area contributed by atoms with Gasteiger partial charge in [0.2, 0.25) is 0 Å². The molecule has 5 nitrogen and oxygen atoms in total. The Bertz CT molecular complexity index is 91.0. The fourth-order valence-corrected chi connectivity index (χ4v) is 0.356. The molecule has 5 heteroatoms. The first kappa shape index (κ1) is 10.8. The van der Waals surface area contributed by atoms with Gasteiger partial charge in [-0.15, -0.1) is 0 Å². The highest BCUT2D eigenvalue weighted by atomic mass is 17.3. The average Bonchev–Trinajstić information content (AvgIpc) is 2.05. The van der Waals surface area contributed by atoms with Crippen LogP contribution >= 0.6 is 0 Å². The average molecular weight is 166 g/mol. The third-order valence-corrected chi connectivity index (χ3v) is 1.07. The molecule has 0 fully saturated rings. The second kappa shape index (κ2) is 5.45. The molecule has 0 saturated carbocycles. The maximum absolute atomic E-state index is 9.04. The molecule has 0 bridgehead atoms. The summed E-state index contributed by atoms with van der Waals surface area (Å²) >= 11 is 0. The maximum Gasteiger partial charge on any atom is 0.336 e. The molecular weight excluding hydrogens is 152 g/mol. The van der Waals surface area contributed by atoms with Crippen LogP contribution in [0.2, 0.25) is 0 Å². The summed E-state index contributed by atoms with van der Waals surface area (Å²) in [6.07, 6.45) is 0.832. The van der Waals surface area contributed by atoms with E-state index in [1.807, 2.05) is 6.92 Å². The molecule has 0 amide bonds. The molecule has 0 aromatic heterocycles. The Morgan fingerprint density at radius 1 is 1.36 bits per heavy atom. The first-order valence-corrected chi connectivity index (χ1v) is 3.54. The largest absolute Gasteiger partial charge is 0.340 e. The van der Waals surface area contributed by atoms with Crippen LogP contribution in [0.5, 0.6) is 0 Å². The molecule has 0 spiro atoms. The Balaban J connectivity index is 3.51. The van der Waals surface area contributed by atoms with E-state index in [4.69, 9.17) is 10.4 Å². The SMILES string of the molecule is CCCOOC(O)(CC)OO. The van der Waals surface area contributed by atoms with Crippen molar-refractivity contribution in [2.24, 2.45) is 0 Å². The minimum absolute atomic E-state index is 0.0766. The van der Waals surface area contributed by atoms with Crippen molar-refractivity contribution < 1.29 is 25.0 Å².